The van der Waals surface area contributed by atoms with E-state index in [1.165, 1.54) is 28.2 Å². The van der Waals surface area contributed by atoms with Crippen LogP contribution < -0.4 is 15.9 Å². The van der Waals surface area contributed by atoms with Gasteiger partial charge in [0.05, 0.1) is 47.9 Å². The summed E-state index contributed by atoms with van der Waals surface area (Å²) in [6.07, 6.45) is 6.78. The van der Waals surface area contributed by atoms with Crippen LogP contribution in [0.25, 0.3) is 55.7 Å². The van der Waals surface area contributed by atoms with Gasteiger partial charge in [-0.15, -0.1) is 10.2 Å². The molecule has 12 rings (SSSR count). The Bertz CT molecular complexity index is 3500. The number of rotatable bonds is 8. The van der Waals surface area contributed by atoms with Crippen LogP contribution in [0.4, 0.5) is 4.39 Å². The summed E-state index contributed by atoms with van der Waals surface area (Å²) in [6.45, 7) is 3.00. The summed E-state index contributed by atoms with van der Waals surface area (Å²) < 4.78 is 17.5. The molecule has 0 saturated carbocycles. The van der Waals surface area contributed by atoms with E-state index in [-0.39, 0.29) is 5.82 Å². The minimum absolute atomic E-state index is 0.341. The van der Waals surface area contributed by atoms with Gasteiger partial charge in [-0.3, -0.25) is 9.97 Å². The van der Waals surface area contributed by atoms with Gasteiger partial charge in [-0.25, -0.2) is 33.7 Å². The van der Waals surface area contributed by atoms with Crippen LogP contribution >= 0.6 is 7.92 Å². The molecule has 0 aliphatic heterocycles. The first kappa shape index (κ1) is 42.4. The van der Waals surface area contributed by atoms with Gasteiger partial charge >= 0.3 is 0 Å². The molecule has 0 amide bonds. The highest BCUT2D eigenvalue weighted by molar-refractivity contribution is 7.79. The standard InChI is InChI=1S/C20H13FN6.C18H15P.C15H12N6/c21-16-6-2-1-5-15(16)18-11-23-19-20(24-18)27(26-25-19)12-13-7-8-17-14(10-13)4-3-9-22-17;1-4-10-16(11-5-1)19(17-12-6-2-7-13-17)18-14-8-3-9-15-18;1-10-8-17-14-15(18-10)21(20-19-14)9-11-4-5-13-12(7-11)3-2-6-16-13/h1-11H,12H2;1-15H;2-8H,9H2,1H3. The van der Waals surface area contributed by atoms with Crippen molar-refractivity contribution in [3.63, 3.8) is 0 Å². The monoisotopic (exact) mass is 894 g/mol. The Balaban J connectivity index is 0.000000120. The summed E-state index contributed by atoms with van der Waals surface area (Å²) in [5, 5.41) is 22.8. The third-order valence-electron chi connectivity index (χ3n) is 10.8. The summed E-state index contributed by atoms with van der Waals surface area (Å²) in [6, 6.07) is 58.9. The second-order valence-electron chi connectivity index (χ2n) is 15.4. The van der Waals surface area contributed by atoms with E-state index in [1.54, 1.807) is 46.2 Å². The maximum absolute atomic E-state index is 14.1. The zero-order chi connectivity index (χ0) is 45.4. The number of aromatic nitrogens is 12. The average Bonchev–Trinajstić information content (AvgIpc) is 3.98. The molecule has 6 aromatic carbocycles. The Morgan fingerprint density at radius 1 is 0.478 bits per heavy atom. The predicted octanol–water partition coefficient (Wildman–Crippen LogP) is 9.19. The Hall–Kier alpha value is -8.54. The maximum atomic E-state index is 14.1. The highest BCUT2D eigenvalue weighted by Gasteiger charge is 2.16. The molecule has 324 valence electrons. The number of pyridine rings is 2. The average molecular weight is 895 g/mol. The highest BCUT2D eigenvalue weighted by Crippen LogP contribution is 2.32. The van der Waals surface area contributed by atoms with Crippen LogP contribution in [-0.4, -0.2) is 59.9 Å². The van der Waals surface area contributed by atoms with Gasteiger partial charge < -0.3 is 0 Å². The lowest BCUT2D eigenvalue weighted by atomic mass is 10.1. The van der Waals surface area contributed by atoms with E-state index in [0.29, 0.717) is 46.9 Å². The highest BCUT2D eigenvalue weighted by atomic mass is 31.1. The molecule has 12 nitrogen and oxygen atoms in total. The zero-order valence-electron chi connectivity index (χ0n) is 36.2. The number of hydrogen-bond donors (Lipinski definition) is 0. The Morgan fingerprint density at radius 3 is 1.48 bits per heavy atom. The van der Waals surface area contributed by atoms with Gasteiger partial charge in [0.1, 0.15) is 5.82 Å². The molecular formula is C53H40FN12P. The fourth-order valence-corrected chi connectivity index (χ4v) is 9.88. The summed E-state index contributed by atoms with van der Waals surface area (Å²) >= 11 is 0. The first-order valence-electron chi connectivity index (χ1n) is 21.5. The number of aryl methyl sites for hydroxylation is 1. The number of nitrogens with zero attached hydrogens (tertiary/aromatic N) is 12. The number of benzene rings is 6. The topological polar surface area (TPSA) is 139 Å². The molecule has 0 spiro atoms. The van der Waals surface area contributed by atoms with Crippen molar-refractivity contribution in [1.82, 2.24) is 59.9 Å². The van der Waals surface area contributed by atoms with Gasteiger partial charge in [-0.1, -0.05) is 138 Å². The van der Waals surface area contributed by atoms with Crippen molar-refractivity contribution < 1.29 is 4.39 Å². The smallest absolute Gasteiger partial charge is 0.221 e. The fourth-order valence-electron chi connectivity index (χ4n) is 7.58. The first-order valence-corrected chi connectivity index (χ1v) is 22.8. The zero-order valence-corrected chi connectivity index (χ0v) is 37.1. The normalized spacial score (nSPS) is 11.1. The quantitative estimate of drug-likeness (QED) is 0.136. The predicted molar refractivity (Wildman–Crippen MR) is 263 cm³/mol. The van der Waals surface area contributed by atoms with Crippen LogP contribution in [0.1, 0.15) is 16.8 Å². The van der Waals surface area contributed by atoms with E-state index in [9.17, 15) is 4.39 Å². The molecule has 0 aliphatic carbocycles. The summed E-state index contributed by atoms with van der Waals surface area (Å²) in [5.41, 5.74) is 8.03. The molecule has 67 heavy (non-hydrogen) atoms. The van der Waals surface area contributed by atoms with Crippen LogP contribution in [0.15, 0.2) is 201 Å². The van der Waals surface area contributed by atoms with Gasteiger partial charge in [-0.2, -0.15) is 0 Å². The van der Waals surface area contributed by atoms with Crippen LogP contribution in [0.5, 0.6) is 0 Å². The lowest BCUT2D eigenvalue weighted by Gasteiger charge is -2.18. The second kappa shape index (κ2) is 19.7. The molecule has 0 saturated heterocycles. The molecule has 0 unspecified atom stereocenters. The second-order valence-corrected chi connectivity index (χ2v) is 17.7. The van der Waals surface area contributed by atoms with Crippen molar-refractivity contribution in [3.8, 4) is 11.3 Å². The Morgan fingerprint density at radius 2 is 0.955 bits per heavy atom. The molecule has 6 aromatic heterocycles. The first-order chi connectivity index (χ1) is 33.0. The molecule has 0 aliphatic rings. The number of halogens is 1. The molecule has 0 radical (unpaired) electrons. The van der Waals surface area contributed by atoms with E-state index in [2.05, 4.69) is 160 Å². The third kappa shape index (κ3) is 9.78. The molecule has 0 atom stereocenters. The Labute approximate surface area is 385 Å². The molecule has 0 N–H and O–H groups in total. The lowest BCUT2D eigenvalue weighted by Crippen LogP contribution is -2.20. The third-order valence-corrected chi connectivity index (χ3v) is 13.2. The number of fused-ring (bicyclic) bond motifs is 4. The van der Waals surface area contributed by atoms with Gasteiger partial charge in [0.2, 0.25) is 11.3 Å². The van der Waals surface area contributed by atoms with E-state index in [4.69, 9.17) is 0 Å². The van der Waals surface area contributed by atoms with E-state index < -0.39 is 7.92 Å². The largest absolute Gasteiger partial charge is 0.256 e. The summed E-state index contributed by atoms with van der Waals surface area (Å²) in [7, 11) is -0.446. The van der Waals surface area contributed by atoms with Crippen LogP contribution in [0.2, 0.25) is 0 Å². The van der Waals surface area contributed by atoms with Crippen molar-refractivity contribution in [2.75, 3.05) is 0 Å². The SMILES string of the molecule is Cc1cnc2nnn(Cc3ccc4ncccc4c3)c2n1.Fc1ccccc1-c1cnc2nnn(Cc3ccc4ncccc4c3)c2n1.c1ccc(P(c2ccccc2)c2ccccc2)cc1. The van der Waals surface area contributed by atoms with Crippen molar-refractivity contribution in [2.24, 2.45) is 0 Å². The maximum Gasteiger partial charge on any atom is 0.221 e. The van der Waals surface area contributed by atoms with E-state index >= 15 is 0 Å². The van der Waals surface area contributed by atoms with Gasteiger partial charge in [0.25, 0.3) is 0 Å². The minimum atomic E-state index is -0.446. The molecular weight excluding hydrogens is 855 g/mol. The molecule has 0 fully saturated rings. The fraction of sp³-hybridized carbons (Fsp3) is 0.0566. The van der Waals surface area contributed by atoms with Crippen molar-refractivity contribution in [2.45, 2.75) is 20.0 Å². The van der Waals surface area contributed by atoms with E-state index in [0.717, 1.165) is 38.6 Å². The minimum Gasteiger partial charge on any atom is -0.256 e. The summed E-state index contributed by atoms with van der Waals surface area (Å²) in [4.78, 5) is 26.2. The number of hydrogen-bond acceptors (Lipinski definition) is 10. The van der Waals surface area contributed by atoms with Crippen molar-refractivity contribution >= 4 is 68.2 Å². The molecule has 14 heteroatoms. The van der Waals surface area contributed by atoms with Crippen LogP contribution in [0.3, 0.4) is 0 Å². The Kier molecular flexibility index (Phi) is 12.5. The molecule has 0 bridgehead atoms. The molecule has 6 heterocycles. The van der Waals surface area contributed by atoms with Crippen LogP contribution in [0, 0.1) is 12.7 Å². The van der Waals surface area contributed by atoms with Crippen molar-refractivity contribution in [3.05, 3.63) is 223 Å². The molecule has 12 aromatic rings. The van der Waals surface area contributed by atoms with E-state index in [1.807, 2.05) is 49.4 Å². The van der Waals surface area contributed by atoms with Crippen molar-refractivity contribution in [1.29, 1.82) is 0 Å². The summed E-state index contributed by atoms with van der Waals surface area (Å²) in [5.74, 6) is -0.341. The van der Waals surface area contributed by atoms with Crippen LogP contribution in [-0.2, 0) is 13.1 Å². The van der Waals surface area contributed by atoms with Gasteiger partial charge in [0, 0.05) is 28.7 Å². The van der Waals surface area contributed by atoms with Gasteiger partial charge in [0.15, 0.2) is 11.3 Å². The lowest BCUT2D eigenvalue weighted by molar-refractivity contribution is 0.630. The van der Waals surface area contributed by atoms with Gasteiger partial charge in [-0.05, 0) is 90.4 Å².